The van der Waals surface area contributed by atoms with Crippen LogP contribution in [0.25, 0.3) is 11.0 Å². The van der Waals surface area contributed by atoms with Crippen LogP contribution >= 0.6 is 11.6 Å². The van der Waals surface area contributed by atoms with Crippen molar-refractivity contribution in [3.8, 4) is 5.75 Å². The van der Waals surface area contributed by atoms with Crippen molar-refractivity contribution in [3.05, 3.63) is 29.0 Å². The SMILES string of the molecule is NCC(O)c1cc2occc2c(Cl)c1O. The minimum absolute atomic E-state index is 0.0100. The number of hydrogen-bond donors (Lipinski definition) is 3. The number of rotatable bonds is 2. The summed E-state index contributed by atoms with van der Waals surface area (Å²) in [5.74, 6) is -0.150. The topological polar surface area (TPSA) is 79.6 Å². The van der Waals surface area contributed by atoms with Crippen molar-refractivity contribution in [2.75, 3.05) is 6.54 Å². The summed E-state index contributed by atoms with van der Waals surface area (Å²) in [7, 11) is 0. The summed E-state index contributed by atoms with van der Waals surface area (Å²) >= 11 is 5.91. The van der Waals surface area contributed by atoms with E-state index in [4.69, 9.17) is 21.8 Å². The van der Waals surface area contributed by atoms with Gasteiger partial charge in [-0.1, -0.05) is 11.6 Å². The molecule has 0 amide bonds. The van der Waals surface area contributed by atoms with Crippen molar-refractivity contribution in [2.45, 2.75) is 6.10 Å². The number of benzene rings is 1. The third-order valence-electron chi connectivity index (χ3n) is 2.28. The lowest BCUT2D eigenvalue weighted by molar-refractivity contribution is 0.183. The Hall–Kier alpha value is -1.23. The van der Waals surface area contributed by atoms with Crippen LogP contribution in [0.3, 0.4) is 0 Å². The maximum Gasteiger partial charge on any atom is 0.140 e. The van der Waals surface area contributed by atoms with Crippen LogP contribution in [0.2, 0.25) is 5.02 Å². The monoisotopic (exact) mass is 227 g/mol. The highest BCUT2D eigenvalue weighted by molar-refractivity contribution is 6.36. The molecule has 0 aliphatic rings. The van der Waals surface area contributed by atoms with Crippen molar-refractivity contribution in [2.24, 2.45) is 5.73 Å². The third kappa shape index (κ3) is 1.56. The van der Waals surface area contributed by atoms with E-state index in [0.717, 1.165) is 0 Å². The zero-order chi connectivity index (χ0) is 11.0. The van der Waals surface area contributed by atoms with Gasteiger partial charge in [-0.25, -0.2) is 0 Å². The molecule has 1 unspecified atom stereocenters. The van der Waals surface area contributed by atoms with E-state index < -0.39 is 6.10 Å². The predicted molar refractivity (Wildman–Crippen MR) is 56.9 cm³/mol. The van der Waals surface area contributed by atoms with E-state index in [1.165, 1.54) is 12.3 Å². The molecular formula is C10H10ClNO3. The number of aromatic hydroxyl groups is 1. The minimum atomic E-state index is -0.947. The van der Waals surface area contributed by atoms with Gasteiger partial charge in [-0.2, -0.15) is 0 Å². The highest BCUT2D eigenvalue weighted by Gasteiger charge is 2.17. The molecule has 0 aliphatic carbocycles. The van der Waals surface area contributed by atoms with Gasteiger partial charge in [0.15, 0.2) is 0 Å². The Kier molecular flexibility index (Phi) is 2.56. The molecule has 5 heteroatoms. The second kappa shape index (κ2) is 3.73. The number of phenols is 1. The van der Waals surface area contributed by atoms with Gasteiger partial charge < -0.3 is 20.4 Å². The lowest BCUT2D eigenvalue weighted by Gasteiger charge is -2.11. The largest absolute Gasteiger partial charge is 0.506 e. The van der Waals surface area contributed by atoms with Gasteiger partial charge in [-0.15, -0.1) is 0 Å². The number of aliphatic hydroxyl groups excluding tert-OH is 1. The molecule has 1 atom stereocenters. The second-order valence-corrected chi connectivity index (χ2v) is 3.59. The number of halogens is 1. The van der Waals surface area contributed by atoms with Crippen LogP contribution in [-0.4, -0.2) is 16.8 Å². The number of furan rings is 1. The molecule has 80 valence electrons. The summed E-state index contributed by atoms with van der Waals surface area (Å²) in [5, 5.41) is 20.1. The fourth-order valence-electron chi connectivity index (χ4n) is 1.46. The first kappa shape index (κ1) is 10.3. The van der Waals surface area contributed by atoms with E-state index in [2.05, 4.69) is 0 Å². The molecule has 0 spiro atoms. The molecule has 4 N–H and O–H groups in total. The van der Waals surface area contributed by atoms with Crippen molar-refractivity contribution in [3.63, 3.8) is 0 Å². The molecular weight excluding hydrogens is 218 g/mol. The molecule has 1 aromatic heterocycles. The number of aliphatic hydroxyl groups is 1. The predicted octanol–water partition coefficient (Wildman–Crippen LogP) is 1.78. The van der Waals surface area contributed by atoms with Gasteiger partial charge in [0.2, 0.25) is 0 Å². The molecule has 1 heterocycles. The van der Waals surface area contributed by atoms with Gasteiger partial charge in [0.05, 0.1) is 17.4 Å². The minimum Gasteiger partial charge on any atom is -0.506 e. The lowest BCUT2D eigenvalue weighted by atomic mass is 10.1. The van der Waals surface area contributed by atoms with Gasteiger partial charge >= 0.3 is 0 Å². The summed E-state index contributed by atoms with van der Waals surface area (Å²) < 4.78 is 5.14. The van der Waals surface area contributed by atoms with Crippen LogP contribution in [0, 0.1) is 0 Å². The Morgan fingerprint density at radius 1 is 1.53 bits per heavy atom. The van der Waals surface area contributed by atoms with Crippen molar-refractivity contribution < 1.29 is 14.6 Å². The quantitative estimate of drug-likeness (QED) is 0.731. The zero-order valence-corrected chi connectivity index (χ0v) is 8.53. The molecule has 0 saturated heterocycles. The highest BCUT2D eigenvalue weighted by atomic mass is 35.5. The Bertz CT molecular complexity index is 495. The number of nitrogens with two attached hydrogens (primary N) is 1. The molecule has 4 nitrogen and oxygen atoms in total. The standard InChI is InChI=1S/C10H10ClNO3/c11-9-5-1-2-15-8(5)3-6(10(9)14)7(13)4-12/h1-3,7,13-14H,4,12H2. The van der Waals surface area contributed by atoms with Crippen molar-refractivity contribution in [1.82, 2.24) is 0 Å². The van der Waals surface area contributed by atoms with Crippen LogP contribution < -0.4 is 5.73 Å². The number of hydrogen-bond acceptors (Lipinski definition) is 4. The van der Waals surface area contributed by atoms with Crippen LogP contribution in [-0.2, 0) is 0 Å². The molecule has 15 heavy (non-hydrogen) atoms. The normalized spacial score (nSPS) is 13.3. The van der Waals surface area contributed by atoms with Gasteiger partial charge in [-0.05, 0) is 12.1 Å². The first-order valence-corrected chi connectivity index (χ1v) is 4.79. The Morgan fingerprint density at radius 2 is 2.27 bits per heavy atom. The van der Waals surface area contributed by atoms with Crippen LogP contribution in [0.5, 0.6) is 5.75 Å². The van der Waals surface area contributed by atoms with Gasteiger partial charge in [-0.3, -0.25) is 0 Å². The number of phenolic OH excluding ortho intramolecular Hbond substituents is 1. The molecule has 0 saturated carbocycles. The Labute approximate surface area is 90.9 Å². The lowest BCUT2D eigenvalue weighted by Crippen LogP contribution is -2.11. The molecule has 0 radical (unpaired) electrons. The summed E-state index contributed by atoms with van der Waals surface area (Å²) in [5.41, 5.74) is 6.10. The molecule has 0 bridgehead atoms. The van der Waals surface area contributed by atoms with E-state index in [0.29, 0.717) is 11.0 Å². The van der Waals surface area contributed by atoms with Gasteiger partial charge in [0, 0.05) is 17.5 Å². The first-order chi connectivity index (χ1) is 7.15. The second-order valence-electron chi connectivity index (χ2n) is 3.21. The van der Waals surface area contributed by atoms with Gasteiger partial charge in [0.25, 0.3) is 0 Å². The molecule has 0 fully saturated rings. The fourth-order valence-corrected chi connectivity index (χ4v) is 1.72. The van der Waals surface area contributed by atoms with E-state index >= 15 is 0 Å². The maximum absolute atomic E-state index is 9.73. The summed E-state index contributed by atoms with van der Waals surface area (Å²) in [6.07, 6.45) is 0.520. The van der Waals surface area contributed by atoms with E-state index in [9.17, 15) is 10.2 Å². The zero-order valence-electron chi connectivity index (χ0n) is 7.77. The van der Waals surface area contributed by atoms with E-state index in [1.54, 1.807) is 6.07 Å². The molecule has 0 aliphatic heterocycles. The van der Waals surface area contributed by atoms with Crippen LogP contribution in [0.1, 0.15) is 11.7 Å². The Balaban J connectivity index is 2.70. The van der Waals surface area contributed by atoms with Crippen molar-refractivity contribution in [1.29, 1.82) is 0 Å². The van der Waals surface area contributed by atoms with Gasteiger partial charge in [0.1, 0.15) is 11.3 Å². The molecule has 2 aromatic rings. The highest BCUT2D eigenvalue weighted by Crippen LogP contribution is 2.38. The van der Waals surface area contributed by atoms with Crippen LogP contribution in [0.15, 0.2) is 22.8 Å². The maximum atomic E-state index is 9.73. The van der Waals surface area contributed by atoms with Crippen LogP contribution in [0.4, 0.5) is 0 Å². The summed E-state index contributed by atoms with van der Waals surface area (Å²) in [4.78, 5) is 0. The third-order valence-corrected chi connectivity index (χ3v) is 2.66. The molecule has 1 aromatic carbocycles. The van der Waals surface area contributed by atoms with E-state index in [-0.39, 0.29) is 22.9 Å². The number of fused-ring (bicyclic) bond motifs is 1. The molecule has 2 rings (SSSR count). The average molecular weight is 228 g/mol. The summed E-state index contributed by atoms with van der Waals surface area (Å²) in [6.45, 7) is 0.0100. The average Bonchev–Trinajstić information content (AvgIpc) is 2.70. The van der Waals surface area contributed by atoms with Crippen molar-refractivity contribution >= 4 is 22.6 Å². The smallest absolute Gasteiger partial charge is 0.140 e. The van der Waals surface area contributed by atoms with E-state index in [1.807, 2.05) is 0 Å². The first-order valence-electron chi connectivity index (χ1n) is 4.42. The Morgan fingerprint density at radius 3 is 2.93 bits per heavy atom. The summed E-state index contributed by atoms with van der Waals surface area (Å²) in [6, 6.07) is 3.18. The fraction of sp³-hybridized carbons (Fsp3) is 0.200.